The van der Waals surface area contributed by atoms with Crippen LogP contribution in [0.25, 0.3) is 0 Å². The lowest BCUT2D eigenvalue weighted by Crippen LogP contribution is -2.50. The van der Waals surface area contributed by atoms with E-state index in [-0.39, 0.29) is 12.1 Å². The Morgan fingerprint density at radius 3 is 2.68 bits per heavy atom. The van der Waals surface area contributed by atoms with Gasteiger partial charge in [-0.3, -0.25) is 19.6 Å². The third kappa shape index (κ3) is 3.98. The van der Waals surface area contributed by atoms with Crippen LogP contribution in [-0.2, 0) is 11.3 Å². The van der Waals surface area contributed by atoms with Crippen molar-refractivity contribution in [2.24, 2.45) is 0 Å². The van der Waals surface area contributed by atoms with Gasteiger partial charge in [-0.2, -0.15) is 0 Å². The lowest BCUT2D eigenvalue weighted by atomic mass is 10.2. The van der Waals surface area contributed by atoms with Crippen LogP contribution in [-0.4, -0.2) is 46.8 Å². The number of aromatic amines is 1. The van der Waals surface area contributed by atoms with Crippen molar-refractivity contribution in [3.8, 4) is 0 Å². The van der Waals surface area contributed by atoms with E-state index < -0.39 is 17.2 Å². The summed E-state index contributed by atoms with van der Waals surface area (Å²) < 4.78 is 6.16. The molecule has 0 saturated carbocycles. The topological polar surface area (TPSA) is 96.4 Å². The molecular weight excluding hydrogens is 348 g/mol. The molecule has 0 unspecified atom stereocenters. The molecule has 1 aliphatic rings. The summed E-state index contributed by atoms with van der Waals surface area (Å²) in [4.78, 5) is 39.4. The molecule has 0 aliphatic carbocycles. The Morgan fingerprint density at radius 2 is 1.96 bits per heavy atom. The summed E-state index contributed by atoms with van der Waals surface area (Å²) >= 11 is 6.08. The van der Waals surface area contributed by atoms with E-state index >= 15 is 0 Å². The molecule has 2 aromatic rings. The molecule has 0 atom stereocenters. The minimum absolute atomic E-state index is 0.0213. The van der Waals surface area contributed by atoms with Gasteiger partial charge >= 0.3 is 5.69 Å². The van der Waals surface area contributed by atoms with E-state index in [4.69, 9.17) is 16.3 Å². The van der Waals surface area contributed by atoms with Crippen LogP contribution in [0, 0.1) is 0 Å². The number of carbonyl (C=O) groups is 1. The van der Waals surface area contributed by atoms with Crippen LogP contribution in [0.15, 0.2) is 40.1 Å². The molecule has 1 saturated heterocycles. The van der Waals surface area contributed by atoms with E-state index in [2.05, 4.69) is 10.4 Å². The highest BCUT2D eigenvalue weighted by Crippen LogP contribution is 2.14. The number of rotatable bonds is 4. The predicted octanol–water partition coefficient (Wildman–Crippen LogP) is 0.215. The molecule has 0 radical (unpaired) electrons. The predicted molar refractivity (Wildman–Crippen MR) is 91.7 cm³/mol. The number of amides is 1. The number of nitrogens with zero attached hydrogens (tertiary/aromatic N) is 2. The number of hydrazine groups is 1. The summed E-state index contributed by atoms with van der Waals surface area (Å²) in [7, 11) is 0. The number of aromatic nitrogens is 2. The van der Waals surface area contributed by atoms with E-state index in [0.717, 1.165) is 10.8 Å². The van der Waals surface area contributed by atoms with Crippen LogP contribution in [0.5, 0.6) is 0 Å². The zero-order valence-electron chi connectivity index (χ0n) is 13.3. The highest BCUT2D eigenvalue weighted by Gasteiger charge is 2.19. The van der Waals surface area contributed by atoms with E-state index in [0.29, 0.717) is 36.9 Å². The molecule has 0 spiro atoms. The SMILES string of the molecule is O=C(NN1CCOCC1)c1c[nH]c(=O)n(Cc2ccccc2Cl)c1=O. The van der Waals surface area contributed by atoms with E-state index in [1.807, 2.05) is 0 Å². The van der Waals surface area contributed by atoms with E-state index in [1.165, 1.54) is 0 Å². The lowest BCUT2D eigenvalue weighted by Gasteiger charge is -2.26. The summed E-state index contributed by atoms with van der Waals surface area (Å²) in [5, 5.41) is 2.12. The number of H-pyrrole nitrogens is 1. The van der Waals surface area contributed by atoms with Crippen molar-refractivity contribution in [1.29, 1.82) is 0 Å². The highest BCUT2D eigenvalue weighted by molar-refractivity contribution is 6.31. The number of morpholine rings is 1. The first kappa shape index (κ1) is 17.4. The van der Waals surface area contributed by atoms with Crippen LogP contribution in [0.4, 0.5) is 0 Å². The van der Waals surface area contributed by atoms with Gasteiger partial charge in [0.05, 0.1) is 19.8 Å². The fourth-order valence-electron chi connectivity index (χ4n) is 2.49. The minimum Gasteiger partial charge on any atom is -0.379 e. The van der Waals surface area contributed by atoms with Gasteiger partial charge in [0.2, 0.25) is 0 Å². The Labute approximate surface area is 148 Å². The van der Waals surface area contributed by atoms with Crippen molar-refractivity contribution >= 4 is 17.5 Å². The average molecular weight is 365 g/mol. The molecule has 1 aliphatic heterocycles. The number of ether oxygens (including phenoxy) is 1. The normalized spacial score (nSPS) is 15.1. The Kier molecular flexibility index (Phi) is 5.32. The second-order valence-electron chi connectivity index (χ2n) is 5.53. The maximum absolute atomic E-state index is 12.6. The number of nitrogens with one attached hydrogen (secondary N) is 2. The van der Waals surface area contributed by atoms with Gasteiger partial charge < -0.3 is 9.72 Å². The van der Waals surface area contributed by atoms with Crippen molar-refractivity contribution in [2.45, 2.75) is 6.54 Å². The van der Waals surface area contributed by atoms with Crippen molar-refractivity contribution in [1.82, 2.24) is 20.0 Å². The Bertz CT molecular complexity index is 886. The second-order valence-corrected chi connectivity index (χ2v) is 5.94. The first-order valence-electron chi connectivity index (χ1n) is 7.76. The number of halogens is 1. The number of hydrogen-bond acceptors (Lipinski definition) is 5. The van der Waals surface area contributed by atoms with Gasteiger partial charge in [-0.15, -0.1) is 0 Å². The molecular formula is C16H17ClN4O4. The van der Waals surface area contributed by atoms with Crippen LogP contribution >= 0.6 is 11.6 Å². The number of carbonyl (C=O) groups excluding carboxylic acids is 1. The Balaban J connectivity index is 1.87. The molecule has 8 nitrogen and oxygen atoms in total. The summed E-state index contributed by atoms with van der Waals surface area (Å²) in [5.74, 6) is -0.573. The molecule has 9 heteroatoms. The zero-order chi connectivity index (χ0) is 17.8. The molecule has 1 aromatic carbocycles. The van der Waals surface area contributed by atoms with Crippen LogP contribution in [0.1, 0.15) is 15.9 Å². The quantitative estimate of drug-likeness (QED) is 0.808. The zero-order valence-corrected chi connectivity index (χ0v) is 14.1. The first-order valence-corrected chi connectivity index (χ1v) is 8.13. The molecule has 132 valence electrons. The Hall–Kier alpha value is -2.42. The van der Waals surface area contributed by atoms with Gasteiger partial charge in [-0.25, -0.2) is 9.80 Å². The van der Waals surface area contributed by atoms with Gasteiger partial charge in [0.1, 0.15) is 5.56 Å². The van der Waals surface area contributed by atoms with Crippen molar-refractivity contribution < 1.29 is 9.53 Å². The largest absolute Gasteiger partial charge is 0.379 e. The van der Waals surface area contributed by atoms with E-state index in [1.54, 1.807) is 29.3 Å². The van der Waals surface area contributed by atoms with Crippen molar-refractivity contribution in [3.05, 3.63) is 67.4 Å². The average Bonchev–Trinajstić information content (AvgIpc) is 2.61. The molecule has 2 heterocycles. The van der Waals surface area contributed by atoms with Crippen molar-refractivity contribution in [2.75, 3.05) is 26.3 Å². The Morgan fingerprint density at radius 1 is 1.24 bits per heavy atom. The number of hydrogen-bond donors (Lipinski definition) is 2. The second kappa shape index (κ2) is 7.64. The molecule has 1 aromatic heterocycles. The third-order valence-electron chi connectivity index (χ3n) is 3.86. The van der Waals surface area contributed by atoms with Gasteiger partial charge in [0, 0.05) is 24.3 Å². The lowest BCUT2D eigenvalue weighted by molar-refractivity contribution is 0.0125. The fraction of sp³-hybridized carbons (Fsp3) is 0.312. The molecule has 3 rings (SSSR count). The minimum atomic E-state index is -0.672. The molecule has 2 N–H and O–H groups in total. The molecule has 1 fully saturated rings. The summed E-state index contributed by atoms with van der Waals surface area (Å²) in [6.07, 6.45) is 1.13. The van der Waals surface area contributed by atoms with Gasteiger partial charge in [-0.1, -0.05) is 29.8 Å². The summed E-state index contributed by atoms with van der Waals surface area (Å²) in [6.45, 7) is 2.05. The first-order chi connectivity index (χ1) is 12.1. The standard InChI is InChI=1S/C16H17ClN4O4/c17-13-4-2-1-3-11(13)10-21-15(23)12(9-18-16(21)24)14(22)19-20-5-7-25-8-6-20/h1-4,9H,5-8,10H2,(H,18,24)(H,19,22). The fourth-order valence-corrected chi connectivity index (χ4v) is 2.69. The van der Waals surface area contributed by atoms with Gasteiger partial charge in [-0.05, 0) is 11.6 Å². The molecule has 1 amide bonds. The number of benzene rings is 1. The van der Waals surface area contributed by atoms with E-state index in [9.17, 15) is 14.4 Å². The monoisotopic (exact) mass is 364 g/mol. The van der Waals surface area contributed by atoms with Gasteiger partial charge in [0.25, 0.3) is 11.5 Å². The smallest absolute Gasteiger partial charge is 0.328 e. The summed E-state index contributed by atoms with van der Waals surface area (Å²) in [6, 6.07) is 6.90. The maximum atomic E-state index is 12.6. The highest BCUT2D eigenvalue weighted by atomic mass is 35.5. The van der Waals surface area contributed by atoms with Crippen LogP contribution in [0.2, 0.25) is 5.02 Å². The molecule has 25 heavy (non-hydrogen) atoms. The van der Waals surface area contributed by atoms with Gasteiger partial charge in [0.15, 0.2) is 0 Å². The van der Waals surface area contributed by atoms with Crippen molar-refractivity contribution in [3.63, 3.8) is 0 Å². The van der Waals surface area contributed by atoms with Crippen LogP contribution in [0.3, 0.4) is 0 Å². The molecule has 0 bridgehead atoms. The summed E-state index contributed by atoms with van der Waals surface area (Å²) in [5.41, 5.74) is 1.85. The third-order valence-corrected chi connectivity index (χ3v) is 4.23. The maximum Gasteiger partial charge on any atom is 0.328 e. The van der Waals surface area contributed by atoms with Crippen LogP contribution < -0.4 is 16.7 Å².